The second-order valence-corrected chi connectivity index (χ2v) is 5.33. The molecule has 3 nitrogen and oxygen atoms in total. The van der Waals surface area contributed by atoms with Gasteiger partial charge in [0, 0.05) is 12.1 Å². The minimum absolute atomic E-state index is 0.0519. The lowest BCUT2D eigenvalue weighted by Gasteiger charge is -2.13. The van der Waals surface area contributed by atoms with E-state index in [1.807, 2.05) is 62.4 Å². The molecule has 0 fully saturated rings. The predicted molar refractivity (Wildman–Crippen MR) is 85.7 cm³/mol. The van der Waals surface area contributed by atoms with E-state index in [0.717, 1.165) is 11.3 Å². The molecule has 0 saturated heterocycles. The molecule has 0 saturated carbocycles. The Labute approximate surface area is 125 Å². The van der Waals surface area contributed by atoms with Gasteiger partial charge in [-0.05, 0) is 50.1 Å². The van der Waals surface area contributed by atoms with Crippen LogP contribution < -0.4 is 10.5 Å². The van der Waals surface area contributed by atoms with E-state index in [2.05, 4.69) is 0 Å². The topological polar surface area (TPSA) is 52.3 Å². The summed E-state index contributed by atoms with van der Waals surface area (Å²) >= 11 is 0. The van der Waals surface area contributed by atoms with E-state index in [9.17, 15) is 4.79 Å². The van der Waals surface area contributed by atoms with Crippen molar-refractivity contribution in [3.8, 4) is 5.75 Å². The van der Waals surface area contributed by atoms with Gasteiger partial charge in [-0.2, -0.15) is 0 Å². The lowest BCUT2D eigenvalue weighted by atomic mass is 10.0. The first-order valence-electron chi connectivity index (χ1n) is 7.19. The monoisotopic (exact) mass is 283 g/mol. The number of carbonyl (C=O) groups excluding carboxylic acids is 1. The number of aryl methyl sites for hydroxylation is 1. The van der Waals surface area contributed by atoms with E-state index in [-0.39, 0.29) is 11.9 Å². The van der Waals surface area contributed by atoms with Gasteiger partial charge in [0.25, 0.3) is 0 Å². The minimum Gasteiger partial charge on any atom is -0.490 e. The van der Waals surface area contributed by atoms with Crippen LogP contribution in [-0.2, 0) is 6.42 Å². The first kappa shape index (κ1) is 15.1. The molecule has 0 aliphatic rings. The summed E-state index contributed by atoms with van der Waals surface area (Å²) in [5.74, 6) is 0.762. The van der Waals surface area contributed by atoms with Gasteiger partial charge in [-0.1, -0.05) is 24.3 Å². The fraction of sp³-hybridized carbons (Fsp3) is 0.278. The minimum atomic E-state index is 0.0519. The molecule has 0 aliphatic heterocycles. The number of hydrogen-bond acceptors (Lipinski definition) is 3. The van der Waals surface area contributed by atoms with Crippen LogP contribution in [0.5, 0.6) is 5.75 Å². The number of ketones is 1. The molecule has 0 radical (unpaired) electrons. The Morgan fingerprint density at radius 3 is 2.43 bits per heavy atom. The van der Waals surface area contributed by atoms with Gasteiger partial charge in [-0.25, -0.2) is 0 Å². The molecule has 2 N–H and O–H groups in total. The van der Waals surface area contributed by atoms with Crippen LogP contribution in [0.25, 0.3) is 0 Å². The molecule has 0 spiro atoms. The molecular formula is C18H21NO2. The Bertz CT molecular complexity index is 603. The van der Waals surface area contributed by atoms with Crippen LogP contribution in [0.15, 0.2) is 48.5 Å². The number of anilines is 1. The van der Waals surface area contributed by atoms with Crippen LogP contribution in [0, 0.1) is 0 Å². The van der Waals surface area contributed by atoms with Gasteiger partial charge in [-0.3, -0.25) is 4.79 Å². The van der Waals surface area contributed by atoms with Crippen LogP contribution in [0.2, 0.25) is 0 Å². The Kier molecular flexibility index (Phi) is 4.99. The van der Waals surface area contributed by atoms with Gasteiger partial charge >= 0.3 is 0 Å². The quantitative estimate of drug-likeness (QED) is 0.646. The van der Waals surface area contributed by atoms with E-state index >= 15 is 0 Å². The van der Waals surface area contributed by atoms with Crippen molar-refractivity contribution in [2.75, 3.05) is 5.73 Å². The van der Waals surface area contributed by atoms with Crippen LogP contribution >= 0.6 is 0 Å². The molecular weight excluding hydrogens is 262 g/mol. The van der Waals surface area contributed by atoms with Gasteiger partial charge in [-0.15, -0.1) is 0 Å². The second-order valence-electron chi connectivity index (χ2n) is 5.33. The average Bonchev–Trinajstić information content (AvgIpc) is 2.46. The van der Waals surface area contributed by atoms with Crippen molar-refractivity contribution < 1.29 is 9.53 Å². The van der Waals surface area contributed by atoms with Crippen molar-refractivity contribution in [3.63, 3.8) is 0 Å². The van der Waals surface area contributed by atoms with Gasteiger partial charge in [0.1, 0.15) is 5.75 Å². The first-order chi connectivity index (χ1) is 10.1. The molecule has 0 aromatic heterocycles. The van der Waals surface area contributed by atoms with Crippen molar-refractivity contribution in [1.29, 1.82) is 0 Å². The standard InChI is InChI=1S/C18H21NO2/c1-13(2)21-18-6-4-3-5-16(18)17(20)12-9-14-7-10-15(19)11-8-14/h3-8,10-11,13H,9,12,19H2,1-2H3. The predicted octanol–water partition coefficient (Wildman–Crippen LogP) is 3.87. The highest BCUT2D eigenvalue weighted by Gasteiger charge is 2.13. The average molecular weight is 283 g/mol. The maximum Gasteiger partial charge on any atom is 0.166 e. The highest BCUT2D eigenvalue weighted by molar-refractivity contribution is 5.98. The number of hydrogen-bond donors (Lipinski definition) is 1. The van der Waals surface area contributed by atoms with Crippen LogP contribution in [0.3, 0.4) is 0 Å². The van der Waals surface area contributed by atoms with Crippen molar-refractivity contribution >= 4 is 11.5 Å². The van der Waals surface area contributed by atoms with E-state index in [1.165, 1.54) is 0 Å². The molecule has 2 aromatic carbocycles. The third kappa shape index (κ3) is 4.35. The molecule has 0 atom stereocenters. The number of carbonyl (C=O) groups is 1. The molecule has 2 rings (SSSR count). The zero-order valence-corrected chi connectivity index (χ0v) is 12.5. The maximum atomic E-state index is 12.4. The van der Waals surface area contributed by atoms with Crippen LogP contribution in [0.4, 0.5) is 5.69 Å². The zero-order valence-electron chi connectivity index (χ0n) is 12.5. The summed E-state index contributed by atoms with van der Waals surface area (Å²) in [6, 6.07) is 15.0. The van der Waals surface area contributed by atoms with Crippen molar-refractivity contribution in [2.45, 2.75) is 32.8 Å². The summed E-state index contributed by atoms with van der Waals surface area (Å²) in [7, 11) is 0. The Hall–Kier alpha value is -2.29. The third-order valence-electron chi connectivity index (χ3n) is 3.17. The van der Waals surface area contributed by atoms with E-state index < -0.39 is 0 Å². The van der Waals surface area contributed by atoms with Crippen LogP contribution in [0.1, 0.15) is 36.2 Å². The summed E-state index contributed by atoms with van der Waals surface area (Å²) < 4.78 is 5.70. The maximum absolute atomic E-state index is 12.4. The summed E-state index contributed by atoms with van der Waals surface area (Å²) in [6.45, 7) is 3.91. The Morgan fingerprint density at radius 2 is 1.76 bits per heavy atom. The fourth-order valence-corrected chi connectivity index (χ4v) is 2.13. The summed E-state index contributed by atoms with van der Waals surface area (Å²) in [6.07, 6.45) is 1.22. The number of rotatable bonds is 6. The molecule has 110 valence electrons. The number of nitrogen functional groups attached to an aromatic ring is 1. The normalized spacial score (nSPS) is 10.6. The molecule has 2 aromatic rings. The smallest absolute Gasteiger partial charge is 0.166 e. The number of Topliss-reactive ketones (excluding diaryl/α,β-unsaturated/α-hetero) is 1. The Balaban J connectivity index is 2.05. The van der Waals surface area contributed by atoms with E-state index in [0.29, 0.717) is 24.2 Å². The number of benzene rings is 2. The van der Waals surface area contributed by atoms with Gasteiger partial charge in [0.2, 0.25) is 0 Å². The molecule has 0 amide bonds. The second kappa shape index (κ2) is 6.93. The SMILES string of the molecule is CC(C)Oc1ccccc1C(=O)CCc1ccc(N)cc1. The molecule has 3 heteroatoms. The largest absolute Gasteiger partial charge is 0.490 e. The lowest BCUT2D eigenvalue weighted by Crippen LogP contribution is -2.10. The van der Waals surface area contributed by atoms with Crippen LogP contribution in [-0.4, -0.2) is 11.9 Å². The highest BCUT2D eigenvalue weighted by Crippen LogP contribution is 2.21. The molecule has 0 heterocycles. The summed E-state index contributed by atoms with van der Waals surface area (Å²) in [5.41, 5.74) is 8.16. The summed E-state index contributed by atoms with van der Waals surface area (Å²) in [5, 5.41) is 0. The van der Waals surface area contributed by atoms with Crippen molar-refractivity contribution in [1.82, 2.24) is 0 Å². The zero-order chi connectivity index (χ0) is 15.2. The molecule has 21 heavy (non-hydrogen) atoms. The number of nitrogens with two attached hydrogens (primary N) is 1. The van der Waals surface area contributed by atoms with Gasteiger partial charge in [0.05, 0.1) is 11.7 Å². The fourth-order valence-electron chi connectivity index (χ4n) is 2.13. The summed E-state index contributed by atoms with van der Waals surface area (Å²) in [4.78, 5) is 12.4. The third-order valence-corrected chi connectivity index (χ3v) is 3.17. The Morgan fingerprint density at radius 1 is 1.10 bits per heavy atom. The molecule has 0 unspecified atom stereocenters. The van der Waals surface area contributed by atoms with Crippen molar-refractivity contribution in [3.05, 3.63) is 59.7 Å². The van der Waals surface area contributed by atoms with E-state index in [1.54, 1.807) is 0 Å². The first-order valence-corrected chi connectivity index (χ1v) is 7.19. The number of ether oxygens (including phenoxy) is 1. The molecule has 0 aliphatic carbocycles. The highest BCUT2D eigenvalue weighted by atomic mass is 16.5. The van der Waals surface area contributed by atoms with Crippen molar-refractivity contribution in [2.24, 2.45) is 0 Å². The molecule has 0 bridgehead atoms. The van der Waals surface area contributed by atoms with E-state index in [4.69, 9.17) is 10.5 Å². The number of para-hydroxylation sites is 1. The van der Waals surface area contributed by atoms with Gasteiger partial charge < -0.3 is 10.5 Å². The van der Waals surface area contributed by atoms with Gasteiger partial charge in [0.15, 0.2) is 5.78 Å². The lowest BCUT2D eigenvalue weighted by molar-refractivity contribution is 0.0977.